The van der Waals surface area contributed by atoms with Crippen molar-refractivity contribution in [3.05, 3.63) is 24.0 Å². The largest absolute Gasteiger partial charge is 0.348 e. The lowest BCUT2D eigenvalue weighted by Crippen LogP contribution is -2.46. The van der Waals surface area contributed by atoms with E-state index in [1.165, 1.54) is 4.90 Å². The molecule has 140 valence electrons. The molecule has 1 fully saturated rings. The highest BCUT2D eigenvalue weighted by molar-refractivity contribution is 5.94. The van der Waals surface area contributed by atoms with Crippen LogP contribution in [0.15, 0.2) is 18.5 Å². The highest BCUT2D eigenvalue weighted by Crippen LogP contribution is 2.26. The van der Waals surface area contributed by atoms with Crippen LogP contribution < -0.4 is 5.32 Å². The Balaban J connectivity index is 2.13. The molecule has 1 aromatic rings. The van der Waals surface area contributed by atoms with Crippen LogP contribution in [0.1, 0.15) is 45.0 Å². The van der Waals surface area contributed by atoms with Crippen molar-refractivity contribution in [1.82, 2.24) is 19.7 Å². The fourth-order valence-electron chi connectivity index (χ4n) is 3.23. The van der Waals surface area contributed by atoms with Crippen molar-refractivity contribution in [2.45, 2.75) is 46.2 Å². The molecule has 0 bridgehead atoms. The predicted molar refractivity (Wildman–Crippen MR) is 99.7 cm³/mol. The summed E-state index contributed by atoms with van der Waals surface area (Å²) in [5.74, 6) is 0.692. The molecule has 1 aliphatic rings. The molecule has 3 amide bonds. The zero-order valence-corrected chi connectivity index (χ0v) is 16.5. The topological polar surface area (TPSA) is 57.6 Å². The Morgan fingerprint density at radius 3 is 2.36 bits per heavy atom. The van der Waals surface area contributed by atoms with Gasteiger partial charge in [0.25, 0.3) is 5.91 Å². The summed E-state index contributed by atoms with van der Waals surface area (Å²) >= 11 is 0. The Bertz CT molecular complexity index is 628. The zero-order chi connectivity index (χ0) is 18.9. The van der Waals surface area contributed by atoms with Gasteiger partial charge in [0.15, 0.2) is 0 Å². The second-order valence-corrected chi connectivity index (χ2v) is 8.55. The molecule has 2 heterocycles. The summed E-state index contributed by atoms with van der Waals surface area (Å²) in [6, 6.07) is 1.76. The number of likely N-dealkylation sites (tertiary alicyclic amines) is 1. The third kappa shape index (κ3) is 4.35. The second kappa shape index (κ2) is 7.10. The number of aromatic nitrogens is 1. The molecule has 0 aromatic carbocycles. The maximum atomic E-state index is 12.9. The Kier molecular flexibility index (Phi) is 5.49. The molecule has 0 radical (unpaired) electrons. The number of nitrogens with zero attached hydrogens (tertiary/aromatic N) is 3. The van der Waals surface area contributed by atoms with E-state index in [-0.39, 0.29) is 29.4 Å². The lowest BCUT2D eigenvalue weighted by atomic mass is 9.91. The summed E-state index contributed by atoms with van der Waals surface area (Å²) in [4.78, 5) is 28.3. The summed E-state index contributed by atoms with van der Waals surface area (Å²) in [7, 11) is 3.46. The number of carbonyl (C=O) groups excluding carboxylic acids is 2. The first-order valence-electron chi connectivity index (χ1n) is 8.96. The quantitative estimate of drug-likeness (QED) is 0.913. The van der Waals surface area contributed by atoms with E-state index in [0.717, 1.165) is 0 Å². The summed E-state index contributed by atoms with van der Waals surface area (Å²) in [5.41, 5.74) is 0.656. The van der Waals surface area contributed by atoms with E-state index in [1.807, 2.05) is 23.4 Å². The third-order valence-electron chi connectivity index (χ3n) is 4.94. The Hall–Kier alpha value is -1.98. The zero-order valence-electron chi connectivity index (χ0n) is 16.5. The van der Waals surface area contributed by atoms with Crippen LogP contribution in [0.5, 0.6) is 0 Å². The number of hydrogen-bond donors (Lipinski definition) is 1. The van der Waals surface area contributed by atoms with Crippen molar-refractivity contribution in [3.8, 4) is 0 Å². The summed E-state index contributed by atoms with van der Waals surface area (Å²) < 4.78 is 2.06. The maximum Gasteiger partial charge on any atom is 0.317 e. The summed E-state index contributed by atoms with van der Waals surface area (Å²) in [5, 5.41) is 3.06. The monoisotopic (exact) mass is 348 g/mol. The van der Waals surface area contributed by atoms with Crippen molar-refractivity contribution in [2.24, 2.45) is 11.8 Å². The van der Waals surface area contributed by atoms with Crippen LogP contribution in [-0.2, 0) is 5.54 Å². The average Bonchev–Trinajstić information content (AvgIpc) is 3.12. The van der Waals surface area contributed by atoms with Gasteiger partial charge in [-0.1, -0.05) is 13.8 Å². The normalized spacial score (nSPS) is 20.9. The smallest absolute Gasteiger partial charge is 0.317 e. The fourth-order valence-corrected chi connectivity index (χ4v) is 3.23. The van der Waals surface area contributed by atoms with Gasteiger partial charge in [0.05, 0.1) is 11.6 Å². The average molecular weight is 348 g/mol. The van der Waals surface area contributed by atoms with Gasteiger partial charge in [-0.15, -0.1) is 0 Å². The molecule has 25 heavy (non-hydrogen) atoms. The highest BCUT2D eigenvalue weighted by atomic mass is 16.2. The number of amides is 3. The second-order valence-electron chi connectivity index (χ2n) is 8.55. The summed E-state index contributed by atoms with van der Waals surface area (Å²) in [6.07, 6.45) is 3.87. The number of carbonyl (C=O) groups is 2. The van der Waals surface area contributed by atoms with Gasteiger partial charge in [-0.2, -0.15) is 0 Å². The SMILES string of the molecule is CC(C)[C@@H]1CN(C(=O)c2ccn(C(C)(C)C)c2)C[C@H]1NC(=O)N(C)C. The van der Waals surface area contributed by atoms with E-state index < -0.39 is 0 Å². The molecular formula is C19H32N4O2. The lowest BCUT2D eigenvalue weighted by Gasteiger charge is -2.24. The van der Waals surface area contributed by atoms with E-state index in [1.54, 1.807) is 14.1 Å². The summed E-state index contributed by atoms with van der Waals surface area (Å²) in [6.45, 7) is 11.8. The van der Waals surface area contributed by atoms with Crippen molar-refractivity contribution in [1.29, 1.82) is 0 Å². The molecule has 1 aliphatic heterocycles. The minimum atomic E-state index is -0.108. The van der Waals surface area contributed by atoms with Crippen LogP contribution in [-0.4, -0.2) is 59.5 Å². The van der Waals surface area contributed by atoms with Crippen LogP contribution in [0.3, 0.4) is 0 Å². The number of nitrogens with one attached hydrogen (secondary N) is 1. The van der Waals surface area contributed by atoms with Gasteiger partial charge < -0.3 is 19.7 Å². The van der Waals surface area contributed by atoms with E-state index in [2.05, 4.69) is 44.5 Å². The predicted octanol–water partition coefficient (Wildman–Crippen LogP) is 2.61. The van der Waals surface area contributed by atoms with Gasteiger partial charge in [0.1, 0.15) is 0 Å². The minimum Gasteiger partial charge on any atom is -0.348 e. The van der Waals surface area contributed by atoms with Crippen LogP contribution >= 0.6 is 0 Å². The van der Waals surface area contributed by atoms with Crippen LogP contribution in [0.4, 0.5) is 4.79 Å². The van der Waals surface area contributed by atoms with E-state index >= 15 is 0 Å². The van der Waals surface area contributed by atoms with Gasteiger partial charge in [-0.05, 0) is 32.8 Å². The van der Waals surface area contributed by atoms with E-state index in [9.17, 15) is 9.59 Å². The minimum absolute atomic E-state index is 0.0106. The van der Waals surface area contributed by atoms with Gasteiger partial charge in [-0.25, -0.2) is 4.79 Å². The highest BCUT2D eigenvalue weighted by Gasteiger charge is 2.38. The third-order valence-corrected chi connectivity index (χ3v) is 4.94. The van der Waals surface area contributed by atoms with Crippen LogP contribution in [0.2, 0.25) is 0 Å². The van der Waals surface area contributed by atoms with Crippen molar-refractivity contribution < 1.29 is 9.59 Å². The first kappa shape index (κ1) is 19.3. The molecule has 1 aromatic heterocycles. The first-order chi connectivity index (χ1) is 11.5. The van der Waals surface area contributed by atoms with Crippen LogP contribution in [0, 0.1) is 11.8 Å². The molecule has 0 saturated carbocycles. The van der Waals surface area contributed by atoms with E-state index in [0.29, 0.717) is 24.6 Å². The Morgan fingerprint density at radius 2 is 1.88 bits per heavy atom. The molecule has 0 spiro atoms. The van der Waals surface area contributed by atoms with Gasteiger partial charge in [-0.3, -0.25) is 4.79 Å². The van der Waals surface area contributed by atoms with Crippen molar-refractivity contribution >= 4 is 11.9 Å². The molecule has 2 atom stereocenters. The lowest BCUT2D eigenvalue weighted by molar-refractivity contribution is 0.0782. The van der Waals surface area contributed by atoms with Crippen molar-refractivity contribution in [2.75, 3.05) is 27.2 Å². The molecule has 0 unspecified atom stereocenters. The van der Waals surface area contributed by atoms with E-state index in [4.69, 9.17) is 0 Å². The molecule has 1 saturated heterocycles. The maximum absolute atomic E-state index is 12.9. The molecule has 1 N–H and O–H groups in total. The Labute approximate surface area is 151 Å². The van der Waals surface area contributed by atoms with Crippen LogP contribution in [0.25, 0.3) is 0 Å². The van der Waals surface area contributed by atoms with Gasteiger partial charge >= 0.3 is 6.03 Å². The first-order valence-corrected chi connectivity index (χ1v) is 8.96. The number of hydrogen-bond acceptors (Lipinski definition) is 2. The number of rotatable bonds is 3. The molecular weight excluding hydrogens is 316 g/mol. The molecule has 6 heteroatoms. The Morgan fingerprint density at radius 1 is 1.24 bits per heavy atom. The molecule has 0 aliphatic carbocycles. The molecule has 6 nitrogen and oxygen atoms in total. The van der Waals surface area contributed by atoms with Gasteiger partial charge in [0, 0.05) is 51.0 Å². The number of urea groups is 1. The van der Waals surface area contributed by atoms with Gasteiger partial charge in [0.2, 0.25) is 0 Å². The van der Waals surface area contributed by atoms with Crippen molar-refractivity contribution in [3.63, 3.8) is 0 Å². The fraction of sp³-hybridized carbons (Fsp3) is 0.684. The molecule has 2 rings (SSSR count). The standard InChI is InChI=1S/C19H32N4O2/c1-13(2)15-11-22(12-16(15)20-18(25)21(6)7)17(24)14-8-9-23(10-14)19(3,4)5/h8-10,13,15-16H,11-12H2,1-7H3,(H,20,25)/t15-,16+/m0/s1.